The maximum absolute atomic E-state index is 11.4. The predicted molar refractivity (Wildman–Crippen MR) is 107 cm³/mol. The molecule has 1 aromatic carbocycles. The third-order valence-electron chi connectivity index (χ3n) is 4.20. The molecule has 5 nitrogen and oxygen atoms in total. The molecule has 0 aliphatic rings. The molecule has 0 aliphatic carbocycles. The molecule has 25 heavy (non-hydrogen) atoms. The third kappa shape index (κ3) is 10.1. The molecule has 1 unspecified atom stereocenters. The molecule has 0 saturated heterocycles. The number of aryl methyl sites for hydroxylation is 1. The minimum Gasteiger partial charge on any atom is -0.356 e. The minimum atomic E-state index is -2.93. The zero-order valence-corrected chi connectivity index (χ0v) is 17.0. The summed E-state index contributed by atoms with van der Waals surface area (Å²) in [6, 6.07) is 10.7. The van der Waals surface area contributed by atoms with Crippen LogP contribution in [0.1, 0.15) is 39.2 Å². The van der Waals surface area contributed by atoms with Crippen molar-refractivity contribution in [3.05, 3.63) is 35.9 Å². The van der Waals surface area contributed by atoms with E-state index in [4.69, 9.17) is 0 Å². The van der Waals surface area contributed by atoms with Gasteiger partial charge < -0.3 is 10.6 Å². The van der Waals surface area contributed by atoms with Crippen LogP contribution < -0.4 is 10.6 Å². The van der Waals surface area contributed by atoms with Gasteiger partial charge >= 0.3 is 0 Å². The molecular formula is C19H33N3O2S. The van der Waals surface area contributed by atoms with Crippen LogP contribution in [0.5, 0.6) is 0 Å². The molecule has 0 fully saturated rings. The van der Waals surface area contributed by atoms with E-state index in [9.17, 15) is 8.42 Å². The minimum absolute atomic E-state index is 0.117. The number of aliphatic imine (C=N–C) groups is 1. The normalized spacial score (nSPS) is 14.2. The Kier molecular flexibility index (Phi) is 8.42. The number of benzene rings is 1. The fourth-order valence-electron chi connectivity index (χ4n) is 2.40. The fourth-order valence-corrected chi connectivity index (χ4v) is 3.32. The van der Waals surface area contributed by atoms with Crippen molar-refractivity contribution in [2.75, 3.05) is 25.6 Å². The average molecular weight is 368 g/mol. The average Bonchev–Trinajstić information content (AvgIpc) is 2.55. The first-order chi connectivity index (χ1) is 11.6. The fraction of sp³-hybridized carbons (Fsp3) is 0.632. The van der Waals surface area contributed by atoms with Crippen LogP contribution >= 0.6 is 0 Å². The molecule has 142 valence electrons. The SMILES string of the molecule is CN=C(NCC(C)(C)CCS(C)(=O)=O)NC(C)CCc1ccccc1. The maximum Gasteiger partial charge on any atom is 0.191 e. The van der Waals surface area contributed by atoms with Gasteiger partial charge in [-0.25, -0.2) is 8.42 Å². The molecule has 0 spiro atoms. The Morgan fingerprint density at radius 1 is 1.24 bits per heavy atom. The summed E-state index contributed by atoms with van der Waals surface area (Å²) in [5, 5.41) is 6.72. The molecule has 0 aromatic heterocycles. The summed E-state index contributed by atoms with van der Waals surface area (Å²) < 4.78 is 22.7. The molecule has 1 atom stereocenters. The van der Waals surface area contributed by atoms with Crippen molar-refractivity contribution in [2.24, 2.45) is 10.4 Å². The van der Waals surface area contributed by atoms with E-state index < -0.39 is 9.84 Å². The number of nitrogens with one attached hydrogen (secondary N) is 2. The Morgan fingerprint density at radius 2 is 1.88 bits per heavy atom. The summed E-state index contributed by atoms with van der Waals surface area (Å²) in [5.74, 6) is 0.967. The number of hydrogen-bond acceptors (Lipinski definition) is 3. The van der Waals surface area contributed by atoms with E-state index in [1.807, 2.05) is 6.07 Å². The van der Waals surface area contributed by atoms with Crippen LogP contribution in [-0.4, -0.2) is 46.0 Å². The lowest BCUT2D eigenvalue weighted by Gasteiger charge is -2.26. The lowest BCUT2D eigenvalue weighted by atomic mass is 9.90. The van der Waals surface area contributed by atoms with E-state index >= 15 is 0 Å². The molecule has 1 aromatic rings. The van der Waals surface area contributed by atoms with Gasteiger partial charge in [0.15, 0.2) is 5.96 Å². The largest absolute Gasteiger partial charge is 0.356 e. The van der Waals surface area contributed by atoms with Crippen LogP contribution in [0.2, 0.25) is 0 Å². The quantitative estimate of drug-likeness (QED) is 0.520. The Bertz CT molecular complexity index is 640. The molecule has 0 saturated carbocycles. The lowest BCUT2D eigenvalue weighted by molar-refractivity contribution is 0.347. The van der Waals surface area contributed by atoms with E-state index in [-0.39, 0.29) is 11.2 Å². The van der Waals surface area contributed by atoms with Crippen LogP contribution in [0.3, 0.4) is 0 Å². The van der Waals surface area contributed by atoms with Crippen molar-refractivity contribution >= 4 is 15.8 Å². The smallest absolute Gasteiger partial charge is 0.191 e. The highest BCUT2D eigenvalue weighted by Gasteiger charge is 2.20. The van der Waals surface area contributed by atoms with E-state index in [2.05, 4.69) is 60.7 Å². The molecular weight excluding hydrogens is 334 g/mol. The highest BCUT2D eigenvalue weighted by Crippen LogP contribution is 2.19. The van der Waals surface area contributed by atoms with E-state index in [1.165, 1.54) is 11.8 Å². The number of guanidine groups is 1. The van der Waals surface area contributed by atoms with Gasteiger partial charge in [0.25, 0.3) is 0 Å². The summed E-state index contributed by atoms with van der Waals surface area (Å²) >= 11 is 0. The van der Waals surface area contributed by atoms with Gasteiger partial charge in [0, 0.05) is 25.9 Å². The summed E-state index contributed by atoms with van der Waals surface area (Å²) in [5.41, 5.74) is 1.22. The van der Waals surface area contributed by atoms with Gasteiger partial charge in [-0.3, -0.25) is 4.99 Å². The van der Waals surface area contributed by atoms with Crippen molar-refractivity contribution in [3.8, 4) is 0 Å². The lowest BCUT2D eigenvalue weighted by Crippen LogP contribution is -2.45. The van der Waals surface area contributed by atoms with Crippen molar-refractivity contribution < 1.29 is 8.42 Å². The second-order valence-corrected chi connectivity index (χ2v) is 9.80. The first-order valence-electron chi connectivity index (χ1n) is 8.80. The van der Waals surface area contributed by atoms with Crippen molar-refractivity contribution in [1.29, 1.82) is 0 Å². The summed E-state index contributed by atoms with van der Waals surface area (Å²) in [7, 11) is -1.18. The summed E-state index contributed by atoms with van der Waals surface area (Å²) in [6.07, 6.45) is 3.94. The van der Waals surface area contributed by atoms with Crippen LogP contribution in [0.15, 0.2) is 35.3 Å². The van der Waals surface area contributed by atoms with Gasteiger partial charge in [0.2, 0.25) is 0 Å². The van der Waals surface area contributed by atoms with Crippen LogP contribution in [0.25, 0.3) is 0 Å². The Labute approximate surface area is 153 Å². The monoisotopic (exact) mass is 367 g/mol. The first-order valence-corrected chi connectivity index (χ1v) is 10.9. The third-order valence-corrected chi connectivity index (χ3v) is 5.15. The zero-order chi connectivity index (χ0) is 18.9. The molecule has 0 amide bonds. The Balaban J connectivity index is 2.40. The van der Waals surface area contributed by atoms with Crippen LogP contribution in [-0.2, 0) is 16.3 Å². The second kappa shape index (κ2) is 9.80. The first kappa shape index (κ1) is 21.5. The molecule has 2 N–H and O–H groups in total. The molecule has 6 heteroatoms. The van der Waals surface area contributed by atoms with Gasteiger partial charge in [-0.15, -0.1) is 0 Å². The molecule has 0 radical (unpaired) electrons. The van der Waals surface area contributed by atoms with Crippen LogP contribution in [0.4, 0.5) is 0 Å². The van der Waals surface area contributed by atoms with E-state index in [0.717, 1.165) is 18.8 Å². The van der Waals surface area contributed by atoms with E-state index in [1.54, 1.807) is 7.05 Å². The van der Waals surface area contributed by atoms with Crippen LogP contribution in [0, 0.1) is 5.41 Å². The molecule has 0 aliphatic heterocycles. The van der Waals surface area contributed by atoms with Gasteiger partial charge in [-0.05, 0) is 37.2 Å². The number of hydrogen-bond donors (Lipinski definition) is 2. The Morgan fingerprint density at radius 3 is 2.44 bits per heavy atom. The van der Waals surface area contributed by atoms with Gasteiger partial charge in [-0.1, -0.05) is 44.2 Å². The van der Waals surface area contributed by atoms with Crippen molar-refractivity contribution in [2.45, 2.75) is 46.1 Å². The molecule has 0 heterocycles. The Hall–Kier alpha value is -1.56. The van der Waals surface area contributed by atoms with E-state index in [0.29, 0.717) is 19.0 Å². The highest BCUT2D eigenvalue weighted by molar-refractivity contribution is 7.90. The maximum atomic E-state index is 11.4. The van der Waals surface area contributed by atoms with Gasteiger partial charge in [-0.2, -0.15) is 0 Å². The standard InChI is InChI=1S/C19H33N3O2S/c1-16(11-12-17-9-7-6-8-10-17)22-18(20-4)21-15-19(2,3)13-14-25(5,23)24/h6-10,16H,11-15H2,1-5H3,(H2,20,21,22). The number of nitrogens with zero attached hydrogens (tertiary/aromatic N) is 1. The van der Waals surface area contributed by atoms with Crippen molar-refractivity contribution in [1.82, 2.24) is 10.6 Å². The topological polar surface area (TPSA) is 70.6 Å². The summed E-state index contributed by atoms with van der Waals surface area (Å²) in [4.78, 5) is 4.27. The van der Waals surface area contributed by atoms with Crippen molar-refractivity contribution in [3.63, 3.8) is 0 Å². The van der Waals surface area contributed by atoms with Gasteiger partial charge in [0.1, 0.15) is 9.84 Å². The second-order valence-electron chi connectivity index (χ2n) is 7.54. The molecule has 1 rings (SSSR count). The molecule has 0 bridgehead atoms. The summed E-state index contributed by atoms with van der Waals surface area (Å²) in [6.45, 7) is 6.95. The van der Waals surface area contributed by atoms with Gasteiger partial charge in [0.05, 0.1) is 5.75 Å². The predicted octanol–water partition coefficient (Wildman–Crippen LogP) is 2.63. The highest BCUT2D eigenvalue weighted by atomic mass is 32.2. The zero-order valence-electron chi connectivity index (χ0n) is 16.2. The number of sulfone groups is 1. The number of rotatable bonds is 9.